The van der Waals surface area contributed by atoms with E-state index in [-0.39, 0.29) is 41.8 Å². The van der Waals surface area contributed by atoms with Crippen molar-refractivity contribution in [2.24, 2.45) is 0 Å². The molecule has 0 spiro atoms. The van der Waals surface area contributed by atoms with Crippen LogP contribution < -0.4 is 10.0 Å². The quantitative estimate of drug-likeness (QED) is 0.579. The Labute approximate surface area is 161 Å². The Morgan fingerprint density at radius 3 is 2.38 bits per heavy atom. The summed E-state index contributed by atoms with van der Waals surface area (Å²) in [5.74, 6) is 0. The van der Waals surface area contributed by atoms with Gasteiger partial charge in [0.1, 0.15) is 0 Å². The van der Waals surface area contributed by atoms with Crippen molar-refractivity contribution in [2.75, 3.05) is 45.9 Å². The Bertz CT molecular complexity index is 793. The Morgan fingerprint density at radius 2 is 1.77 bits per heavy atom. The van der Waals surface area contributed by atoms with Crippen LogP contribution in [0, 0.1) is 6.92 Å². The highest BCUT2D eigenvalue weighted by Gasteiger charge is 2.29. The second-order valence-electron chi connectivity index (χ2n) is 5.70. The van der Waals surface area contributed by atoms with Gasteiger partial charge in [0.15, 0.2) is 0 Å². The van der Waals surface area contributed by atoms with Gasteiger partial charge < -0.3 is 10.1 Å². The molecule has 0 saturated carbocycles. The molecule has 1 fully saturated rings. The highest BCUT2D eigenvalue weighted by atomic mass is 35.5. The zero-order chi connectivity index (χ0) is 18.5. The summed E-state index contributed by atoms with van der Waals surface area (Å²) in [6, 6.07) is 4.17. The number of rotatable bonds is 8. The minimum absolute atomic E-state index is 0. The molecule has 1 heterocycles. The Kier molecular flexibility index (Phi) is 8.94. The number of sulfonamides is 2. The van der Waals surface area contributed by atoms with Gasteiger partial charge in [-0.3, -0.25) is 0 Å². The number of hydrogen-bond acceptors (Lipinski definition) is 6. The molecule has 8 nitrogen and oxygen atoms in total. The molecule has 1 aromatic rings. The van der Waals surface area contributed by atoms with Gasteiger partial charge in [-0.05, 0) is 31.2 Å². The zero-order valence-electron chi connectivity index (χ0n) is 14.9. The number of halogens is 1. The first kappa shape index (κ1) is 23.3. The molecule has 0 unspecified atom stereocenters. The summed E-state index contributed by atoms with van der Waals surface area (Å²) in [6.07, 6.45) is 0. The van der Waals surface area contributed by atoms with E-state index in [1.807, 2.05) is 6.92 Å². The van der Waals surface area contributed by atoms with Crippen LogP contribution in [-0.4, -0.2) is 67.1 Å². The third kappa shape index (κ3) is 5.62. The van der Waals surface area contributed by atoms with Gasteiger partial charge in [-0.2, -0.15) is 4.31 Å². The molecular weight excluding hydrogens is 402 g/mol. The third-order valence-electron chi connectivity index (χ3n) is 3.90. The zero-order valence-corrected chi connectivity index (χ0v) is 17.3. The van der Waals surface area contributed by atoms with E-state index in [0.717, 1.165) is 6.54 Å². The van der Waals surface area contributed by atoms with Gasteiger partial charge in [0.2, 0.25) is 20.0 Å². The van der Waals surface area contributed by atoms with E-state index >= 15 is 0 Å². The summed E-state index contributed by atoms with van der Waals surface area (Å²) in [4.78, 5) is -0.0367. The van der Waals surface area contributed by atoms with Gasteiger partial charge in [-0.1, -0.05) is 13.0 Å². The van der Waals surface area contributed by atoms with E-state index in [0.29, 0.717) is 25.3 Å². The molecule has 0 aromatic heterocycles. The number of nitrogens with one attached hydrogen (secondary N) is 2. The van der Waals surface area contributed by atoms with Crippen molar-refractivity contribution in [1.29, 1.82) is 0 Å². The molecule has 26 heavy (non-hydrogen) atoms. The van der Waals surface area contributed by atoms with E-state index in [1.54, 1.807) is 6.92 Å². The molecule has 1 aliphatic rings. The van der Waals surface area contributed by atoms with E-state index in [1.165, 1.54) is 22.5 Å². The number of nitrogens with zero attached hydrogens (tertiary/aromatic N) is 1. The maximum absolute atomic E-state index is 12.8. The number of morpholine rings is 1. The summed E-state index contributed by atoms with van der Waals surface area (Å²) in [7, 11) is -7.52. The lowest BCUT2D eigenvalue weighted by atomic mass is 10.2. The van der Waals surface area contributed by atoms with Crippen molar-refractivity contribution < 1.29 is 21.6 Å². The van der Waals surface area contributed by atoms with Gasteiger partial charge >= 0.3 is 0 Å². The lowest BCUT2D eigenvalue weighted by Gasteiger charge is -2.26. The Morgan fingerprint density at radius 1 is 1.12 bits per heavy atom. The fourth-order valence-corrected chi connectivity index (χ4v) is 5.28. The molecule has 0 amide bonds. The fraction of sp³-hybridized carbons (Fsp3) is 0.600. The van der Waals surface area contributed by atoms with Crippen LogP contribution in [0.2, 0.25) is 0 Å². The SMILES string of the molecule is CCNCCNS(=O)(=O)c1ccc(C)c(S(=O)(=O)N2CCOCC2)c1.Cl. The van der Waals surface area contributed by atoms with Crippen LogP contribution in [0.25, 0.3) is 0 Å². The van der Waals surface area contributed by atoms with Gasteiger partial charge in [-0.25, -0.2) is 21.6 Å². The van der Waals surface area contributed by atoms with Gasteiger partial charge in [0.05, 0.1) is 23.0 Å². The first-order valence-corrected chi connectivity index (χ1v) is 11.1. The molecule has 0 radical (unpaired) electrons. The van der Waals surface area contributed by atoms with E-state index < -0.39 is 20.0 Å². The monoisotopic (exact) mass is 427 g/mol. The van der Waals surface area contributed by atoms with E-state index in [9.17, 15) is 16.8 Å². The lowest BCUT2D eigenvalue weighted by Crippen LogP contribution is -2.41. The predicted octanol–water partition coefficient (Wildman–Crippen LogP) is 0.326. The van der Waals surface area contributed by atoms with Gasteiger partial charge in [-0.15, -0.1) is 12.4 Å². The number of likely N-dealkylation sites (N-methyl/N-ethyl adjacent to an activating group) is 1. The molecule has 0 atom stereocenters. The normalized spacial score (nSPS) is 16.2. The number of aryl methyl sites for hydroxylation is 1. The van der Waals surface area contributed by atoms with Crippen molar-refractivity contribution in [3.8, 4) is 0 Å². The summed E-state index contributed by atoms with van der Waals surface area (Å²) >= 11 is 0. The van der Waals surface area contributed by atoms with Crippen LogP contribution in [0.5, 0.6) is 0 Å². The van der Waals surface area contributed by atoms with Crippen LogP contribution in [0.15, 0.2) is 28.0 Å². The third-order valence-corrected chi connectivity index (χ3v) is 7.40. The van der Waals surface area contributed by atoms with Crippen molar-refractivity contribution in [2.45, 2.75) is 23.6 Å². The highest BCUT2D eigenvalue weighted by molar-refractivity contribution is 7.90. The van der Waals surface area contributed by atoms with Crippen LogP contribution in [0.1, 0.15) is 12.5 Å². The Hall–Kier alpha value is -0.750. The first-order valence-electron chi connectivity index (χ1n) is 8.18. The summed E-state index contributed by atoms with van der Waals surface area (Å²) in [5, 5.41) is 3.02. The average molecular weight is 428 g/mol. The fourth-order valence-electron chi connectivity index (χ4n) is 2.49. The number of ether oxygens (including phenoxy) is 1. The van der Waals surface area contributed by atoms with E-state index in [2.05, 4.69) is 10.0 Å². The van der Waals surface area contributed by atoms with Crippen LogP contribution in [-0.2, 0) is 24.8 Å². The minimum atomic E-state index is -3.77. The summed E-state index contributed by atoms with van der Waals surface area (Å²) < 4.78 is 59.4. The number of benzene rings is 1. The largest absolute Gasteiger partial charge is 0.379 e. The van der Waals surface area contributed by atoms with Gasteiger partial charge in [0, 0.05) is 26.2 Å². The second kappa shape index (κ2) is 9.98. The minimum Gasteiger partial charge on any atom is -0.379 e. The highest BCUT2D eigenvalue weighted by Crippen LogP contribution is 2.24. The van der Waals surface area contributed by atoms with Crippen molar-refractivity contribution in [3.05, 3.63) is 23.8 Å². The molecule has 1 aromatic carbocycles. The standard InChI is InChI=1S/C15H25N3O5S2.ClH/c1-3-16-6-7-17-24(19,20)14-5-4-13(2)15(12-14)25(21,22)18-8-10-23-11-9-18;/h4-5,12,16-17H,3,6-11H2,1-2H3;1H. The van der Waals surface area contributed by atoms with Crippen molar-refractivity contribution in [3.63, 3.8) is 0 Å². The number of hydrogen-bond donors (Lipinski definition) is 2. The first-order chi connectivity index (χ1) is 11.8. The molecule has 0 bridgehead atoms. The van der Waals surface area contributed by atoms with Crippen LogP contribution >= 0.6 is 12.4 Å². The Balaban J connectivity index is 0.00000338. The van der Waals surface area contributed by atoms with Crippen molar-refractivity contribution in [1.82, 2.24) is 14.3 Å². The molecular formula is C15H26ClN3O5S2. The summed E-state index contributed by atoms with van der Waals surface area (Å²) in [6.45, 7) is 6.26. The lowest BCUT2D eigenvalue weighted by molar-refractivity contribution is 0.0730. The summed E-state index contributed by atoms with van der Waals surface area (Å²) in [5.41, 5.74) is 0.512. The molecule has 2 N–H and O–H groups in total. The molecule has 1 aliphatic heterocycles. The van der Waals surface area contributed by atoms with Crippen LogP contribution in [0.3, 0.4) is 0 Å². The molecule has 150 valence electrons. The molecule has 2 rings (SSSR count). The molecule has 1 saturated heterocycles. The van der Waals surface area contributed by atoms with Crippen molar-refractivity contribution >= 4 is 32.5 Å². The topological polar surface area (TPSA) is 105 Å². The van der Waals surface area contributed by atoms with Gasteiger partial charge in [0.25, 0.3) is 0 Å². The predicted molar refractivity (Wildman–Crippen MR) is 102 cm³/mol. The van der Waals surface area contributed by atoms with E-state index in [4.69, 9.17) is 4.74 Å². The molecule has 0 aliphatic carbocycles. The van der Waals surface area contributed by atoms with Crippen LogP contribution in [0.4, 0.5) is 0 Å². The smallest absolute Gasteiger partial charge is 0.243 e. The average Bonchev–Trinajstić information content (AvgIpc) is 2.59. The maximum Gasteiger partial charge on any atom is 0.243 e. The second-order valence-corrected chi connectivity index (χ2v) is 9.37. The maximum atomic E-state index is 12.8. The molecule has 11 heteroatoms.